The number of pyridine rings is 1. The zero-order valence-electron chi connectivity index (χ0n) is 11.3. The van der Waals surface area contributed by atoms with Crippen molar-refractivity contribution in [1.29, 1.82) is 0 Å². The van der Waals surface area contributed by atoms with Gasteiger partial charge in [0.2, 0.25) is 0 Å². The molecule has 0 aliphatic heterocycles. The Morgan fingerprint density at radius 3 is 2.60 bits per heavy atom. The summed E-state index contributed by atoms with van der Waals surface area (Å²) in [5.74, 6) is 2.24. The van der Waals surface area contributed by atoms with Crippen LogP contribution in [0.2, 0.25) is 0 Å². The Bertz CT molecular complexity index is 760. The second-order valence-corrected chi connectivity index (χ2v) is 5.13. The van der Waals surface area contributed by atoms with E-state index in [-0.39, 0.29) is 0 Å². The Morgan fingerprint density at radius 2 is 1.90 bits per heavy atom. The predicted octanol–water partition coefficient (Wildman–Crippen LogP) is 3.28. The van der Waals surface area contributed by atoms with Gasteiger partial charge in [0.25, 0.3) is 0 Å². The van der Waals surface area contributed by atoms with E-state index in [9.17, 15) is 0 Å². The van der Waals surface area contributed by atoms with Crippen LogP contribution in [0, 0.1) is 0 Å². The van der Waals surface area contributed by atoms with Gasteiger partial charge in [0.05, 0.1) is 12.8 Å². The van der Waals surface area contributed by atoms with Gasteiger partial charge in [0.15, 0.2) is 17.2 Å². The maximum atomic E-state index is 5.41. The zero-order valence-corrected chi connectivity index (χ0v) is 11.3. The van der Waals surface area contributed by atoms with Crippen LogP contribution >= 0.6 is 0 Å². The van der Waals surface area contributed by atoms with Crippen molar-refractivity contribution >= 4 is 5.65 Å². The molecule has 0 atom stereocenters. The lowest BCUT2D eigenvalue weighted by Gasteiger charge is -2.07. The van der Waals surface area contributed by atoms with Gasteiger partial charge in [-0.25, -0.2) is 9.50 Å². The second-order valence-electron chi connectivity index (χ2n) is 5.13. The Morgan fingerprint density at radius 1 is 1.10 bits per heavy atom. The number of hydrogen-bond donors (Lipinski definition) is 0. The van der Waals surface area contributed by atoms with Crippen LogP contribution in [-0.2, 0) is 0 Å². The third kappa shape index (κ3) is 1.76. The molecule has 1 aromatic carbocycles. The topological polar surface area (TPSA) is 39.4 Å². The highest BCUT2D eigenvalue weighted by atomic mass is 16.5. The van der Waals surface area contributed by atoms with E-state index in [1.807, 2.05) is 34.8 Å². The summed E-state index contributed by atoms with van der Waals surface area (Å²) in [5.41, 5.74) is 2.98. The van der Waals surface area contributed by atoms with Gasteiger partial charge in [-0.1, -0.05) is 30.3 Å². The van der Waals surface area contributed by atoms with Crippen LogP contribution in [0.3, 0.4) is 0 Å². The lowest BCUT2D eigenvalue weighted by Crippen LogP contribution is -1.97. The number of aromatic nitrogens is 3. The smallest absolute Gasteiger partial charge is 0.198 e. The highest BCUT2D eigenvalue weighted by Crippen LogP contribution is 2.39. The van der Waals surface area contributed by atoms with Crippen molar-refractivity contribution in [2.75, 3.05) is 7.11 Å². The normalized spacial score (nSPS) is 14.7. The van der Waals surface area contributed by atoms with E-state index >= 15 is 0 Å². The van der Waals surface area contributed by atoms with E-state index in [0.717, 1.165) is 28.5 Å². The molecule has 2 aromatic heterocycles. The van der Waals surface area contributed by atoms with E-state index in [1.54, 1.807) is 7.11 Å². The number of benzene rings is 1. The number of methoxy groups -OCH3 is 1. The molecule has 20 heavy (non-hydrogen) atoms. The summed E-state index contributed by atoms with van der Waals surface area (Å²) < 4.78 is 7.31. The number of nitrogens with zero attached hydrogens (tertiary/aromatic N) is 3. The fourth-order valence-electron chi connectivity index (χ4n) is 2.46. The molecular formula is C16H15N3O. The number of hydrogen-bond acceptors (Lipinski definition) is 3. The molecule has 0 unspecified atom stereocenters. The maximum Gasteiger partial charge on any atom is 0.198 e. The molecule has 0 amide bonds. The van der Waals surface area contributed by atoms with Crippen molar-refractivity contribution in [3.63, 3.8) is 0 Å². The molecule has 0 bridgehead atoms. The summed E-state index contributed by atoms with van der Waals surface area (Å²) in [4.78, 5) is 4.66. The summed E-state index contributed by atoms with van der Waals surface area (Å²) in [6.45, 7) is 0. The van der Waals surface area contributed by atoms with Crippen LogP contribution in [0.25, 0.3) is 16.9 Å². The lowest BCUT2D eigenvalue weighted by atomic mass is 10.1. The Balaban J connectivity index is 1.97. The molecule has 1 aliphatic carbocycles. The minimum atomic E-state index is 0.531. The molecule has 1 saturated carbocycles. The summed E-state index contributed by atoms with van der Waals surface area (Å²) in [6.07, 6.45) is 2.39. The Hall–Kier alpha value is -2.36. The molecule has 1 fully saturated rings. The monoisotopic (exact) mass is 265 g/mol. The zero-order chi connectivity index (χ0) is 13.5. The van der Waals surface area contributed by atoms with Gasteiger partial charge in [0, 0.05) is 11.5 Å². The molecule has 100 valence electrons. The number of fused-ring (bicyclic) bond motifs is 1. The molecule has 0 radical (unpaired) electrons. The SMILES string of the molecule is COc1ccc(-c2ccccc2)n2nc(C3CC3)nc12. The van der Waals surface area contributed by atoms with Crippen LogP contribution in [0.1, 0.15) is 24.6 Å². The van der Waals surface area contributed by atoms with Gasteiger partial charge in [-0.3, -0.25) is 0 Å². The third-order valence-electron chi connectivity index (χ3n) is 3.70. The van der Waals surface area contributed by atoms with Crippen LogP contribution in [-0.4, -0.2) is 21.7 Å². The number of rotatable bonds is 3. The third-order valence-corrected chi connectivity index (χ3v) is 3.70. The number of ether oxygens (including phenoxy) is 1. The van der Waals surface area contributed by atoms with Crippen molar-refractivity contribution in [1.82, 2.24) is 14.6 Å². The largest absolute Gasteiger partial charge is 0.493 e. The van der Waals surface area contributed by atoms with Crippen LogP contribution in [0.5, 0.6) is 5.75 Å². The quantitative estimate of drug-likeness (QED) is 0.729. The Kier molecular flexibility index (Phi) is 2.49. The van der Waals surface area contributed by atoms with Gasteiger partial charge in [-0.05, 0) is 25.0 Å². The minimum Gasteiger partial charge on any atom is -0.493 e. The maximum absolute atomic E-state index is 5.41. The van der Waals surface area contributed by atoms with Crippen LogP contribution in [0.4, 0.5) is 0 Å². The van der Waals surface area contributed by atoms with Gasteiger partial charge >= 0.3 is 0 Å². The fourth-order valence-corrected chi connectivity index (χ4v) is 2.46. The van der Waals surface area contributed by atoms with Gasteiger partial charge < -0.3 is 4.74 Å². The molecule has 4 heteroatoms. The summed E-state index contributed by atoms with van der Waals surface area (Å²) >= 11 is 0. The molecule has 3 aromatic rings. The lowest BCUT2D eigenvalue weighted by molar-refractivity contribution is 0.416. The van der Waals surface area contributed by atoms with Crippen LogP contribution < -0.4 is 4.74 Å². The Labute approximate surface area is 117 Å². The molecular weight excluding hydrogens is 250 g/mol. The minimum absolute atomic E-state index is 0.531. The van der Waals surface area contributed by atoms with E-state index in [2.05, 4.69) is 22.2 Å². The summed E-state index contributed by atoms with van der Waals surface area (Å²) in [6, 6.07) is 14.2. The van der Waals surface area contributed by atoms with E-state index in [4.69, 9.17) is 4.74 Å². The molecule has 4 nitrogen and oxygen atoms in total. The van der Waals surface area contributed by atoms with Crippen molar-refractivity contribution in [3.8, 4) is 17.0 Å². The van der Waals surface area contributed by atoms with Crippen LogP contribution in [0.15, 0.2) is 42.5 Å². The van der Waals surface area contributed by atoms with Crippen molar-refractivity contribution < 1.29 is 4.74 Å². The predicted molar refractivity (Wildman–Crippen MR) is 77.0 cm³/mol. The molecule has 1 aliphatic rings. The van der Waals surface area contributed by atoms with Crippen molar-refractivity contribution in [3.05, 3.63) is 48.3 Å². The first-order valence-electron chi connectivity index (χ1n) is 6.86. The van der Waals surface area contributed by atoms with Gasteiger partial charge in [0.1, 0.15) is 0 Å². The molecule has 0 spiro atoms. The molecule has 4 rings (SSSR count). The van der Waals surface area contributed by atoms with Crippen molar-refractivity contribution in [2.45, 2.75) is 18.8 Å². The average molecular weight is 265 g/mol. The first kappa shape index (κ1) is 11.5. The highest BCUT2D eigenvalue weighted by Gasteiger charge is 2.29. The standard InChI is InChI=1S/C16H15N3O/c1-20-14-10-9-13(11-5-3-2-4-6-11)19-16(14)17-15(18-19)12-7-8-12/h2-6,9-10,12H,7-8H2,1H3. The van der Waals surface area contributed by atoms with E-state index in [0.29, 0.717) is 5.92 Å². The first-order valence-corrected chi connectivity index (χ1v) is 6.86. The van der Waals surface area contributed by atoms with Gasteiger partial charge in [-0.2, -0.15) is 5.10 Å². The molecule has 0 saturated heterocycles. The highest BCUT2D eigenvalue weighted by molar-refractivity contribution is 5.67. The summed E-state index contributed by atoms with van der Waals surface area (Å²) in [5, 5.41) is 4.69. The fraction of sp³-hybridized carbons (Fsp3) is 0.250. The first-order chi connectivity index (χ1) is 9.86. The molecule has 0 N–H and O–H groups in total. The van der Waals surface area contributed by atoms with Crippen molar-refractivity contribution in [2.24, 2.45) is 0 Å². The second kappa shape index (κ2) is 4.34. The van der Waals surface area contributed by atoms with Gasteiger partial charge in [-0.15, -0.1) is 0 Å². The average Bonchev–Trinajstić information content (AvgIpc) is 3.26. The summed E-state index contributed by atoms with van der Waals surface area (Å²) in [7, 11) is 1.67. The molecule has 2 heterocycles. The van der Waals surface area contributed by atoms with E-state index < -0.39 is 0 Å². The van der Waals surface area contributed by atoms with E-state index in [1.165, 1.54) is 12.8 Å².